The molecule has 16 heavy (non-hydrogen) atoms. The van der Waals surface area contributed by atoms with Crippen LogP contribution in [0.5, 0.6) is 0 Å². The van der Waals surface area contributed by atoms with E-state index in [0.29, 0.717) is 23.8 Å². The molecule has 1 fully saturated rings. The maximum atomic E-state index is 5.96. The molecule has 0 atom stereocenters. The smallest absolute Gasteiger partial charge is 0.203 e. The molecule has 0 amide bonds. The fourth-order valence-corrected chi connectivity index (χ4v) is 1.95. The summed E-state index contributed by atoms with van der Waals surface area (Å²) in [6.07, 6.45) is 0. The van der Waals surface area contributed by atoms with E-state index in [0.717, 1.165) is 5.69 Å². The van der Waals surface area contributed by atoms with E-state index >= 15 is 0 Å². The first-order chi connectivity index (χ1) is 7.60. The van der Waals surface area contributed by atoms with Crippen molar-refractivity contribution in [1.82, 2.24) is 0 Å². The SMILES string of the molecule is COC1(OC)CN(c2ccc(N)c(Cl)c2)C1. The Morgan fingerprint density at radius 2 is 1.94 bits per heavy atom. The highest BCUT2D eigenvalue weighted by molar-refractivity contribution is 6.33. The van der Waals surface area contributed by atoms with E-state index in [2.05, 4.69) is 4.90 Å². The van der Waals surface area contributed by atoms with Crippen LogP contribution >= 0.6 is 11.6 Å². The maximum Gasteiger partial charge on any atom is 0.203 e. The Hall–Kier alpha value is -0.970. The van der Waals surface area contributed by atoms with Gasteiger partial charge < -0.3 is 20.1 Å². The second-order valence-electron chi connectivity index (χ2n) is 3.88. The summed E-state index contributed by atoms with van der Waals surface area (Å²) in [6, 6.07) is 5.60. The van der Waals surface area contributed by atoms with Crippen molar-refractivity contribution in [2.24, 2.45) is 0 Å². The number of ether oxygens (including phenoxy) is 2. The minimum atomic E-state index is -0.478. The summed E-state index contributed by atoms with van der Waals surface area (Å²) in [4.78, 5) is 2.12. The third-order valence-corrected chi connectivity index (χ3v) is 3.28. The summed E-state index contributed by atoms with van der Waals surface area (Å²) in [5.74, 6) is -0.478. The van der Waals surface area contributed by atoms with Crippen LogP contribution < -0.4 is 10.6 Å². The van der Waals surface area contributed by atoms with E-state index in [-0.39, 0.29) is 0 Å². The van der Waals surface area contributed by atoms with Crippen molar-refractivity contribution in [3.05, 3.63) is 23.2 Å². The number of methoxy groups -OCH3 is 2. The number of hydrogen-bond donors (Lipinski definition) is 1. The van der Waals surface area contributed by atoms with Crippen LogP contribution in [0.2, 0.25) is 5.02 Å². The molecule has 0 bridgehead atoms. The first-order valence-corrected chi connectivity index (χ1v) is 5.38. The van der Waals surface area contributed by atoms with Gasteiger partial charge in [-0.3, -0.25) is 0 Å². The van der Waals surface area contributed by atoms with Crippen LogP contribution in [0, 0.1) is 0 Å². The zero-order valence-electron chi connectivity index (χ0n) is 9.37. The largest absolute Gasteiger partial charge is 0.398 e. The Morgan fingerprint density at radius 3 is 2.44 bits per heavy atom. The van der Waals surface area contributed by atoms with E-state index in [4.69, 9.17) is 26.8 Å². The Kier molecular flexibility index (Phi) is 2.97. The Balaban J connectivity index is 2.09. The van der Waals surface area contributed by atoms with E-state index in [9.17, 15) is 0 Å². The van der Waals surface area contributed by atoms with Crippen LogP contribution in [0.25, 0.3) is 0 Å². The number of hydrogen-bond acceptors (Lipinski definition) is 4. The summed E-state index contributed by atoms with van der Waals surface area (Å²) in [5, 5.41) is 0.574. The van der Waals surface area contributed by atoms with Gasteiger partial charge in [-0.2, -0.15) is 0 Å². The van der Waals surface area contributed by atoms with Crippen LogP contribution in [0.4, 0.5) is 11.4 Å². The van der Waals surface area contributed by atoms with Crippen molar-refractivity contribution in [2.75, 3.05) is 37.9 Å². The maximum absolute atomic E-state index is 5.96. The molecule has 1 aliphatic rings. The molecule has 1 aromatic rings. The molecule has 2 rings (SSSR count). The first-order valence-electron chi connectivity index (χ1n) is 5.00. The predicted molar refractivity (Wildman–Crippen MR) is 64.8 cm³/mol. The number of nitrogens with two attached hydrogens (primary N) is 1. The molecule has 0 spiro atoms. The van der Waals surface area contributed by atoms with Gasteiger partial charge in [-0.15, -0.1) is 0 Å². The van der Waals surface area contributed by atoms with Gasteiger partial charge >= 0.3 is 0 Å². The molecule has 0 aliphatic carbocycles. The van der Waals surface area contributed by atoms with Gasteiger partial charge in [-0.05, 0) is 18.2 Å². The molecule has 1 aliphatic heterocycles. The highest BCUT2D eigenvalue weighted by atomic mass is 35.5. The molecule has 1 aromatic carbocycles. The van der Waals surface area contributed by atoms with Crippen molar-refractivity contribution in [3.8, 4) is 0 Å². The van der Waals surface area contributed by atoms with Crippen LogP contribution in [0.1, 0.15) is 0 Å². The molecule has 0 aromatic heterocycles. The Bertz CT molecular complexity index is 386. The van der Waals surface area contributed by atoms with Gasteiger partial charge in [0.2, 0.25) is 5.79 Å². The summed E-state index contributed by atoms with van der Waals surface area (Å²) < 4.78 is 10.6. The second-order valence-corrected chi connectivity index (χ2v) is 4.29. The van der Waals surface area contributed by atoms with Crippen LogP contribution in [0.3, 0.4) is 0 Å². The van der Waals surface area contributed by atoms with Gasteiger partial charge in [0.25, 0.3) is 0 Å². The molecule has 88 valence electrons. The molecular weight excluding hydrogens is 228 g/mol. The molecule has 1 heterocycles. The Labute approximate surface area is 99.9 Å². The lowest BCUT2D eigenvalue weighted by molar-refractivity contribution is -0.219. The van der Waals surface area contributed by atoms with E-state index < -0.39 is 5.79 Å². The van der Waals surface area contributed by atoms with Crippen molar-refractivity contribution >= 4 is 23.0 Å². The highest BCUT2D eigenvalue weighted by Gasteiger charge is 2.43. The first kappa shape index (κ1) is 11.5. The minimum Gasteiger partial charge on any atom is -0.398 e. The molecular formula is C11H15ClN2O2. The number of halogens is 1. The predicted octanol–water partition coefficient (Wildman–Crippen LogP) is 1.73. The average molecular weight is 243 g/mol. The summed E-state index contributed by atoms with van der Waals surface area (Å²) in [6.45, 7) is 1.39. The van der Waals surface area contributed by atoms with E-state index in [1.54, 1.807) is 20.3 Å². The molecule has 1 saturated heterocycles. The number of nitrogens with zero attached hydrogens (tertiary/aromatic N) is 1. The lowest BCUT2D eigenvalue weighted by Gasteiger charge is -2.48. The summed E-state index contributed by atoms with van der Waals surface area (Å²) in [7, 11) is 3.30. The summed E-state index contributed by atoms with van der Waals surface area (Å²) in [5.41, 5.74) is 7.28. The van der Waals surface area contributed by atoms with Crippen molar-refractivity contribution in [3.63, 3.8) is 0 Å². The highest BCUT2D eigenvalue weighted by Crippen LogP contribution is 2.33. The van der Waals surface area contributed by atoms with Crippen LogP contribution in [-0.4, -0.2) is 33.1 Å². The zero-order valence-corrected chi connectivity index (χ0v) is 10.1. The fourth-order valence-electron chi connectivity index (χ4n) is 1.77. The van der Waals surface area contributed by atoms with Gasteiger partial charge in [0, 0.05) is 19.9 Å². The second kappa shape index (κ2) is 4.13. The monoisotopic (exact) mass is 242 g/mol. The number of anilines is 2. The third kappa shape index (κ3) is 1.84. The molecule has 0 radical (unpaired) electrons. The summed E-state index contributed by atoms with van der Waals surface area (Å²) >= 11 is 5.96. The van der Waals surface area contributed by atoms with Crippen molar-refractivity contribution < 1.29 is 9.47 Å². The van der Waals surface area contributed by atoms with Crippen LogP contribution in [-0.2, 0) is 9.47 Å². The third-order valence-electron chi connectivity index (χ3n) is 2.96. The fraction of sp³-hybridized carbons (Fsp3) is 0.455. The Morgan fingerprint density at radius 1 is 1.31 bits per heavy atom. The van der Waals surface area contributed by atoms with Gasteiger partial charge in [0.1, 0.15) is 0 Å². The number of benzene rings is 1. The molecule has 5 heteroatoms. The standard InChI is InChI=1S/C11H15ClN2O2/c1-15-11(16-2)6-14(7-11)8-3-4-10(13)9(12)5-8/h3-5H,6-7,13H2,1-2H3. The molecule has 0 saturated carbocycles. The lowest BCUT2D eigenvalue weighted by atomic mass is 10.1. The van der Waals surface area contributed by atoms with Crippen molar-refractivity contribution in [1.29, 1.82) is 0 Å². The zero-order chi connectivity index (χ0) is 11.8. The number of rotatable bonds is 3. The topological polar surface area (TPSA) is 47.7 Å². The molecule has 2 N–H and O–H groups in total. The minimum absolute atomic E-state index is 0.478. The van der Waals surface area contributed by atoms with Gasteiger partial charge in [-0.25, -0.2) is 0 Å². The van der Waals surface area contributed by atoms with Gasteiger partial charge in [-0.1, -0.05) is 11.6 Å². The lowest BCUT2D eigenvalue weighted by Crippen LogP contribution is -2.64. The van der Waals surface area contributed by atoms with Gasteiger partial charge in [0.05, 0.1) is 23.8 Å². The van der Waals surface area contributed by atoms with Gasteiger partial charge in [0.15, 0.2) is 0 Å². The number of nitrogen functional groups attached to an aromatic ring is 1. The average Bonchev–Trinajstić information content (AvgIpc) is 2.23. The quantitative estimate of drug-likeness (QED) is 0.648. The van der Waals surface area contributed by atoms with E-state index in [1.807, 2.05) is 12.1 Å². The molecule has 0 unspecified atom stereocenters. The van der Waals surface area contributed by atoms with Crippen molar-refractivity contribution in [2.45, 2.75) is 5.79 Å². The van der Waals surface area contributed by atoms with E-state index in [1.165, 1.54) is 0 Å². The van der Waals surface area contributed by atoms with Crippen LogP contribution in [0.15, 0.2) is 18.2 Å². The normalized spacial score (nSPS) is 18.3. The molecule has 4 nitrogen and oxygen atoms in total.